The van der Waals surface area contributed by atoms with Crippen LogP contribution in [0.5, 0.6) is 5.75 Å². The topological polar surface area (TPSA) is 43.6 Å². The Bertz CT molecular complexity index is 1630. The molecule has 0 bridgehead atoms. The summed E-state index contributed by atoms with van der Waals surface area (Å²) in [6, 6.07) is 24.3. The van der Waals surface area contributed by atoms with E-state index >= 15 is 0 Å². The van der Waals surface area contributed by atoms with Crippen LogP contribution in [0, 0.1) is 0 Å². The number of fused-ring (bicyclic) bond motifs is 3. The average Bonchev–Trinajstić information content (AvgIpc) is 3.18. The van der Waals surface area contributed by atoms with Gasteiger partial charge in [-0.05, 0) is 65.4 Å². The molecule has 168 valence electrons. The lowest BCUT2D eigenvalue weighted by atomic mass is 9.83. The summed E-state index contributed by atoms with van der Waals surface area (Å²) in [5.41, 5.74) is 6.74. The number of hydrogen-bond donors (Lipinski definition) is 0. The van der Waals surface area contributed by atoms with E-state index in [1.165, 1.54) is 28.0 Å². The number of aryl methyl sites for hydroxylation is 1. The van der Waals surface area contributed by atoms with E-state index in [2.05, 4.69) is 52.3 Å². The van der Waals surface area contributed by atoms with Crippen LogP contribution in [-0.2, 0) is 6.42 Å². The molecule has 1 aliphatic carbocycles. The summed E-state index contributed by atoms with van der Waals surface area (Å²) in [5.74, 6) is 0.765. The maximum Gasteiger partial charge on any atom is 0.271 e. The highest BCUT2D eigenvalue weighted by atomic mass is 79.9. The molecule has 4 aromatic rings. The predicted molar refractivity (Wildman–Crippen MR) is 140 cm³/mol. The largest absolute Gasteiger partial charge is 0.497 e. The number of benzene rings is 3. The Morgan fingerprint density at radius 1 is 1.06 bits per heavy atom. The van der Waals surface area contributed by atoms with Crippen molar-refractivity contribution in [3.05, 3.63) is 125 Å². The van der Waals surface area contributed by atoms with Gasteiger partial charge in [0, 0.05) is 10.0 Å². The van der Waals surface area contributed by atoms with E-state index in [4.69, 9.17) is 9.73 Å². The van der Waals surface area contributed by atoms with Crippen molar-refractivity contribution in [3.8, 4) is 5.75 Å². The molecule has 4 nitrogen and oxygen atoms in total. The lowest BCUT2D eigenvalue weighted by molar-refractivity contribution is 0.414. The van der Waals surface area contributed by atoms with Gasteiger partial charge >= 0.3 is 0 Å². The number of allylic oxidation sites excluding steroid dienone is 1. The van der Waals surface area contributed by atoms with Crippen LogP contribution in [0.25, 0.3) is 11.8 Å². The molecule has 1 unspecified atom stereocenters. The summed E-state index contributed by atoms with van der Waals surface area (Å²) in [5, 5.41) is 0. The van der Waals surface area contributed by atoms with Crippen molar-refractivity contribution in [2.45, 2.75) is 18.9 Å². The third kappa shape index (κ3) is 3.58. The van der Waals surface area contributed by atoms with E-state index in [0.29, 0.717) is 4.53 Å². The number of nitrogens with zero attached hydrogens (tertiary/aromatic N) is 2. The Labute approximate surface area is 209 Å². The Morgan fingerprint density at radius 3 is 2.71 bits per heavy atom. The third-order valence-electron chi connectivity index (χ3n) is 6.45. The van der Waals surface area contributed by atoms with E-state index < -0.39 is 0 Å². The molecule has 2 aliphatic rings. The van der Waals surface area contributed by atoms with Crippen LogP contribution in [-0.4, -0.2) is 11.7 Å². The van der Waals surface area contributed by atoms with Crippen molar-refractivity contribution in [1.82, 2.24) is 4.57 Å². The van der Waals surface area contributed by atoms with Gasteiger partial charge in [-0.25, -0.2) is 4.99 Å². The molecule has 0 fully saturated rings. The number of rotatable bonds is 3. The van der Waals surface area contributed by atoms with Crippen molar-refractivity contribution in [1.29, 1.82) is 0 Å². The average molecular weight is 529 g/mol. The molecule has 0 amide bonds. The number of hydrogen-bond acceptors (Lipinski definition) is 4. The number of thiazole rings is 1. The second-order valence-electron chi connectivity index (χ2n) is 8.44. The molecule has 1 aromatic heterocycles. The lowest BCUT2D eigenvalue weighted by Crippen LogP contribution is -2.38. The van der Waals surface area contributed by atoms with Gasteiger partial charge in [-0.2, -0.15) is 0 Å². The Hall–Kier alpha value is -3.22. The summed E-state index contributed by atoms with van der Waals surface area (Å²) in [4.78, 5) is 19.6. The molecule has 0 saturated heterocycles. The molecule has 6 heteroatoms. The number of methoxy groups -OCH3 is 1. The maximum absolute atomic E-state index is 13.8. The first-order chi connectivity index (χ1) is 16.6. The summed E-state index contributed by atoms with van der Waals surface area (Å²) in [7, 11) is 1.65. The Balaban J connectivity index is 1.61. The molecule has 34 heavy (non-hydrogen) atoms. The number of ether oxygens (including phenoxy) is 1. The van der Waals surface area contributed by atoms with Gasteiger partial charge in [0.05, 0.1) is 23.4 Å². The zero-order valence-electron chi connectivity index (χ0n) is 18.5. The van der Waals surface area contributed by atoms with E-state index in [1.807, 2.05) is 47.0 Å². The minimum absolute atomic E-state index is 0.00935. The molecule has 0 saturated carbocycles. The fourth-order valence-electron chi connectivity index (χ4n) is 4.85. The minimum Gasteiger partial charge on any atom is -0.497 e. The van der Waals surface area contributed by atoms with Crippen LogP contribution >= 0.6 is 27.3 Å². The van der Waals surface area contributed by atoms with Crippen LogP contribution in [0.1, 0.15) is 34.7 Å². The highest BCUT2D eigenvalue weighted by molar-refractivity contribution is 9.10. The second-order valence-corrected chi connectivity index (χ2v) is 10.4. The van der Waals surface area contributed by atoms with Gasteiger partial charge in [-0.15, -0.1) is 0 Å². The summed E-state index contributed by atoms with van der Waals surface area (Å²) in [6.07, 6.45) is 3.77. The van der Waals surface area contributed by atoms with Crippen LogP contribution in [0.15, 0.2) is 92.6 Å². The number of halogens is 1. The van der Waals surface area contributed by atoms with E-state index in [0.717, 1.165) is 44.7 Å². The molecular formula is C28H21BrN2O2S. The Kier molecular flexibility index (Phi) is 5.35. The first kappa shape index (κ1) is 21.3. The fourth-order valence-corrected chi connectivity index (χ4v) is 6.12. The van der Waals surface area contributed by atoms with Gasteiger partial charge in [0.2, 0.25) is 0 Å². The minimum atomic E-state index is -0.167. The zero-order valence-corrected chi connectivity index (χ0v) is 20.9. The van der Waals surface area contributed by atoms with Crippen LogP contribution in [0.4, 0.5) is 0 Å². The fraction of sp³-hybridized carbons (Fsp3) is 0.143. The van der Waals surface area contributed by atoms with Gasteiger partial charge in [-0.1, -0.05) is 75.8 Å². The zero-order chi connectivity index (χ0) is 23.2. The van der Waals surface area contributed by atoms with Crippen LogP contribution in [0.2, 0.25) is 0 Å². The second kappa shape index (κ2) is 8.53. The standard InChI is InChI=1S/C28H21BrN2O2S/c1-33-21-7-4-5-17(15-21)16-24-27(32)31-26(19-9-12-20(29)13-10-19)23-14-11-18-6-2-3-8-22(18)25(23)30-28(31)34-24/h2-10,12-13,15-16,26H,11,14H2,1H3. The van der Waals surface area contributed by atoms with Gasteiger partial charge in [-0.3, -0.25) is 9.36 Å². The van der Waals surface area contributed by atoms with E-state index in [1.54, 1.807) is 7.11 Å². The third-order valence-corrected chi connectivity index (χ3v) is 7.96. The van der Waals surface area contributed by atoms with Crippen molar-refractivity contribution in [2.24, 2.45) is 4.99 Å². The van der Waals surface area contributed by atoms with Gasteiger partial charge < -0.3 is 4.74 Å². The smallest absolute Gasteiger partial charge is 0.271 e. The molecule has 2 heterocycles. The SMILES string of the molecule is COc1cccc(C=c2sc3n(c2=O)C(c2ccc(Br)cc2)C2=C(N=3)c3ccccc3CC2)c1. The monoisotopic (exact) mass is 528 g/mol. The normalized spacial score (nSPS) is 17.0. The molecular weight excluding hydrogens is 508 g/mol. The number of aromatic nitrogens is 1. The highest BCUT2D eigenvalue weighted by Gasteiger charge is 2.32. The summed E-state index contributed by atoms with van der Waals surface area (Å²) in [6.45, 7) is 0. The predicted octanol–water partition coefficient (Wildman–Crippen LogP) is 5.09. The summed E-state index contributed by atoms with van der Waals surface area (Å²) >= 11 is 4.99. The lowest BCUT2D eigenvalue weighted by Gasteiger charge is -2.30. The van der Waals surface area contributed by atoms with Gasteiger partial charge in [0.15, 0.2) is 4.80 Å². The van der Waals surface area contributed by atoms with Crippen molar-refractivity contribution in [3.63, 3.8) is 0 Å². The molecule has 1 aliphatic heterocycles. The van der Waals surface area contributed by atoms with Crippen LogP contribution in [0.3, 0.4) is 0 Å². The Morgan fingerprint density at radius 2 is 1.88 bits per heavy atom. The molecule has 0 spiro atoms. The summed E-state index contributed by atoms with van der Waals surface area (Å²) < 4.78 is 8.93. The van der Waals surface area contributed by atoms with Gasteiger partial charge in [0.1, 0.15) is 5.75 Å². The first-order valence-corrected chi connectivity index (χ1v) is 12.8. The van der Waals surface area contributed by atoms with E-state index in [-0.39, 0.29) is 11.6 Å². The molecule has 6 rings (SSSR count). The molecule has 0 radical (unpaired) electrons. The first-order valence-electron chi connectivity index (χ1n) is 11.1. The highest BCUT2D eigenvalue weighted by Crippen LogP contribution is 2.41. The van der Waals surface area contributed by atoms with Crippen molar-refractivity contribution < 1.29 is 4.74 Å². The maximum atomic E-state index is 13.8. The van der Waals surface area contributed by atoms with Crippen LogP contribution < -0.4 is 19.6 Å². The molecule has 0 N–H and O–H groups in total. The quantitative estimate of drug-likeness (QED) is 0.371. The van der Waals surface area contributed by atoms with E-state index in [9.17, 15) is 4.79 Å². The molecule has 3 aromatic carbocycles. The van der Waals surface area contributed by atoms with Crippen molar-refractivity contribution in [2.75, 3.05) is 7.11 Å². The molecule has 1 atom stereocenters. The van der Waals surface area contributed by atoms with Crippen molar-refractivity contribution >= 4 is 39.0 Å². The van der Waals surface area contributed by atoms with Gasteiger partial charge in [0.25, 0.3) is 5.56 Å².